The van der Waals surface area contributed by atoms with Gasteiger partial charge in [0, 0.05) is 30.7 Å². The first-order valence-electron chi connectivity index (χ1n) is 6.68. The Morgan fingerprint density at radius 1 is 1.50 bits per heavy atom. The minimum atomic E-state index is -0.451. The van der Waals surface area contributed by atoms with Gasteiger partial charge in [0.15, 0.2) is 0 Å². The molecule has 0 saturated heterocycles. The summed E-state index contributed by atoms with van der Waals surface area (Å²) in [5, 5.41) is 2.85. The fourth-order valence-corrected chi connectivity index (χ4v) is 1.94. The van der Waals surface area contributed by atoms with Crippen LogP contribution in [0.15, 0.2) is 37.1 Å². The van der Waals surface area contributed by atoms with E-state index in [1.165, 1.54) is 0 Å². The number of imidazole rings is 1. The van der Waals surface area contributed by atoms with Crippen molar-refractivity contribution in [2.45, 2.75) is 32.4 Å². The van der Waals surface area contributed by atoms with Gasteiger partial charge < -0.3 is 11.1 Å². The minimum absolute atomic E-state index is 0.132. The van der Waals surface area contributed by atoms with E-state index in [1.807, 2.05) is 29.8 Å². The van der Waals surface area contributed by atoms with Gasteiger partial charge in [-0.25, -0.2) is 9.97 Å². The quantitative estimate of drug-likeness (QED) is 0.822. The molecule has 2 rings (SSSR count). The van der Waals surface area contributed by atoms with Gasteiger partial charge in [-0.2, -0.15) is 0 Å². The van der Waals surface area contributed by atoms with Crippen LogP contribution >= 0.6 is 0 Å². The summed E-state index contributed by atoms with van der Waals surface area (Å²) in [4.78, 5) is 20.2. The highest BCUT2D eigenvalue weighted by atomic mass is 16.2. The number of hydrogen-bond acceptors (Lipinski definition) is 4. The number of aromatic nitrogens is 3. The molecule has 0 aliphatic rings. The molecule has 0 aliphatic heterocycles. The van der Waals surface area contributed by atoms with E-state index in [0.717, 1.165) is 17.8 Å². The summed E-state index contributed by atoms with van der Waals surface area (Å²) in [6.45, 7) is 2.41. The predicted molar refractivity (Wildman–Crippen MR) is 76.1 cm³/mol. The van der Waals surface area contributed by atoms with Crippen LogP contribution < -0.4 is 11.1 Å². The maximum atomic E-state index is 11.8. The Balaban J connectivity index is 2.05. The van der Waals surface area contributed by atoms with Crippen LogP contribution in [-0.4, -0.2) is 26.5 Å². The number of rotatable bonds is 6. The second-order valence-corrected chi connectivity index (χ2v) is 4.57. The average molecular weight is 273 g/mol. The fraction of sp³-hybridized carbons (Fsp3) is 0.357. The van der Waals surface area contributed by atoms with Crippen molar-refractivity contribution in [3.63, 3.8) is 0 Å². The number of hydrogen-bond donors (Lipinski definition) is 2. The van der Waals surface area contributed by atoms with Gasteiger partial charge in [-0.1, -0.05) is 19.4 Å². The normalized spacial score (nSPS) is 12.1. The van der Waals surface area contributed by atoms with Crippen molar-refractivity contribution in [2.24, 2.45) is 5.73 Å². The molecule has 2 heterocycles. The highest BCUT2D eigenvalue weighted by Gasteiger charge is 2.13. The second-order valence-electron chi connectivity index (χ2n) is 4.57. The largest absolute Gasteiger partial charge is 0.351 e. The first-order chi connectivity index (χ1) is 9.72. The average Bonchev–Trinajstić information content (AvgIpc) is 2.99. The first-order valence-corrected chi connectivity index (χ1v) is 6.68. The third-order valence-corrected chi connectivity index (χ3v) is 3.01. The number of nitrogens with two attached hydrogens (primary N) is 1. The maximum absolute atomic E-state index is 11.8. The summed E-state index contributed by atoms with van der Waals surface area (Å²) in [5.41, 5.74) is 6.70. The third-order valence-electron chi connectivity index (χ3n) is 3.01. The molecule has 0 aliphatic carbocycles. The molecule has 1 amide bonds. The lowest BCUT2D eigenvalue weighted by Gasteiger charge is -2.13. The van der Waals surface area contributed by atoms with Gasteiger partial charge in [-0.15, -0.1) is 0 Å². The van der Waals surface area contributed by atoms with Gasteiger partial charge in [0.25, 0.3) is 0 Å². The zero-order valence-electron chi connectivity index (χ0n) is 11.5. The Morgan fingerprint density at radius 3 is 3.05 bits per heavy atom. The van der Waals surface area contributed by atoms with Crippen molar-refractivity contribution in [3.8, 4) is 5.82 Å². The first kappa shape index (κ1) is 14.2. The summed E-state index contributed by atoms with van der Waals surface area (Å²) < 4.78 is 1.81. The Kier molecular flexibility index (Phi) is 4.84. The molecule has 106 valence electrons. The summed E-state index contributed by atoms with van der Waals surface area (Å²) in [6, 6.07) is 3.32. The van der Waals surface area contributed by atoms with Crippen LogP contribution in [0.25, 0.3) is 5.82 Å². The van der Waals surface area contributed by atoms with Crippen molar-refractivity contribution in [1.82, 2.24) is 19.9 Å². The highest BCUT2D eigenvalue weighted by molar-refractivity contribution is 5.81. The minimum Gasteiger partial charge on any atom is -0.351 e. The molecule has 0 bridgehead atoms. The lowest BCUT2D eigenvalue weighted by molar-refractivity contribution is -0.122. The molecule has 0 fully saturated rings. The number of amides is 1. The molecular weight excluding hydrogens is 254 g/mol. The summed E-state index contributed by atoms with van der Waals surface area (Å²) in [6.07, 6.45) is 8.47. The third kappa shape index (κ3) is 3.42. The molecule has 0 aromatic carbocycles. The Hall–Kier alpha value is -2.21. The van der Waals surface area contributed by atoms with Gasteiger partial charge >= 0.3 is 0 Å². The van der Waals surface area contributed by atoms with Crippen LogP contribution in [0, 0.1) is 0 Å². The summed E-state index contributed by atoms with van der Waals surface area (Å²) in [7, 11) is 0. The fourth-order valence-electron chi connectivity index (χ4n) is 1.94. The standard InChI is InChI=1S/C14H19N5O/c1-2-4-12(15)14(20)18-9-11-5-3-6-17-13(11)19-8-7-16-10-19/h3,5-8,10,12H,2,4,9,15H2,1H3,(H,18,20). The Bertz CT molecular complexity index is 552. The van der Waals surface area contributed by atoms with Crippen molar-refractivity contribution in [1.29, 1.82) is 0 Å². The smallest absolute Gasteiger partial charge is 0.237 e. The Morgan fingerprint density at radius 2 is 2.35 bits per heavy atom. The topological polar surface area (TPSA) is 85.8 Å². The van der Waals surface area contributed by atoms with Crippen molar-refractivity contribution in [2.75, 3.05) is 0 Å². The molecule has 6 nitrogen and oxygen atoms in total. The van der Waals surface area contributed by atoms with Crippen molar-refractivity contribution in [3.05, 3.63) is 42.6 Å². The van der Waals surface area contributed by atoms with E-state index < -0.39 is 6.04 Å². The number of nitrogens with one attached hydrogen (secondary N) is 1. The van der Waals surface area contributed by atoms with E-state index in [2.05, 4.69) is 15.3 Å². The predicted octanol–water partition coefficient (Wildman–Crippen LogP) is 1.01. The number of pyridine rings is 1. The zero-order valence-corrected chi connectivity index (χ0v) is 11.5. The second kappa shape index (κ2) is 6.81. The molecular formula is C14H19N5O. The Labute approximate surface area is 118 Å². The van der Waals surface area contributed by atoms with Gasteiger partial charge in [0.05, 0.1) is 6.04 Å². The van der Waals surface area contributed by atoms with Crippen molar-refractivity contribution >= 4 is 5.91 Å². The molecule has 1 unspecified atom stereocenters. The zero-order chi connectivity index (χ0) is 14.4. The molecule has 0 spiro atoms. The molecule has 0 saturated carbocycles. The summed E-state index contributed by atoms with van der Waals surface area (Å²) >= 11 is 0. The van der Waals surface area contributed by atoms with Gasteiger partial charge in [0.1, 0.15) is 12.1 Å². The monoisotopic (exact) mass is 273 g/mol. The van der Waals surface area contributed by atoms with Crippen LogP contribution in [0.4, 0.5) is 0 Å². The van der Waals surface area contributed by atoms with Crippen molar-refractivity contribution < 1.29 is 4.79 Å². The number of carbonyl (C=O) groups is 1. The van der Waals surface area contributed by atoms with Crippen LogP contribution in [0.1, 0.15) is 25.3 Å². The van der Waals surface area contributed by atoms with Gasteiger partial charge in [-0.3, -0.25) is 9.36 Å². The van der Waals surface area contributed by atoms with Crippen LogP contribution in [-0.2, 0) is 11.3 Å². The van der Waals surface area contributed by atoms with E-state index in [1.54, 1.807) is 18.7 Å². The molecule has 3 N–H and O–H groups in total. The van der Waals surface area contributed by atoms with Crippen LogP contribution in [0.3, 0.4) is 0 Å². The van der Waals surface area contributed by atoms with E-state index in [9.17, 15) is 4.79 Å². The van der Waals surface area contributed by atoms with Crippen LogP contribution in [0.5, 0.6) is 0 Å². The lowest BCUT2D eigenvalue weighted by Crippen LogP contribution is -2.40. The molecule has 2 aromatic rings. The van der Waals surface area contributed by atoms with Gasteiger partial charge in [-0.05, 0) is 12.5 Å². The maximum Gasteiger partial charge on any atom is 0.237 e. The molecule has 2 aromatic heterocycles. The van der Waals surface area contributed by atoms with E-state index in [-0.39, 0.29) is 5.91 Å². The van der Waals surface area contributed by atoms with Gasteiger partial charge in [0.2, 0.25) is 5.91 Å². The number of carbonyl (C=O) groups excluding carboxylic acids is 1. The number of nitrogens with zero attached hydrogens (tertiary/aromatic N) is 3. The van der Waals surface area contributed by atoms with Crippen LogP contribution in [0.2, 0.25) is 0 Å². The van der Waals surface area contributed by atoms with E-state index >= 15 is 0 Å². The summed E-state index contributed by atoms with van der Waals surface area (Å²) in [5.74, 6) is 0.627. The highest BCUT2D eigenvalue weighted by Crippen LogP contribution is 2.10. The SMILES string of the molecule is CCCC(N)C(=O)NCc1cccnc1-n1ccnc1. The molecule has 20 heavy (non-hydrogen) atoms. The van der Waals surface area contributed by atoms with E-state index in [4.69, 9.17) is 5.73 Å². The molecule has 1 atom stereocenters. The van der Waals surface area contributed by atoms with E-state index in [0.29, 0.717) is 13.0 Å². The lowest BCUT2D eigenvalue weighted by atomic mass is 10.1. The molecule has 6 heteroatoms. The molecule has 0 radical (unpaired) electrons.